The van der Waals surface area contributed by atoms with Crippen molar-refractivity contribution in [2.75, 3.05) is 26.2 Å². The fourth-order valence-corrected chi connectivity index (χ4v) is 5.35. The van der Waals surface area contributed by atoms with Gasteiger partial charge in [0, 0.05) is 31.9 Å². The number of aromatic nitrogens is 2. The van der Waals surface area contributed by atoms with E-state index in [1.807, 2.05) is 19.9 Å². The number of rotatable bonds is 4. The Hall–Kier alpha value is -1.71. The van der Waals surface area contributed by atoms with E-state index < -0.39 is 10.0 Å². The van der Waals surface area contributed by atoms with Gasteiger partial charge in [-0.1, -0.05) is 6.07 Å². The van der Waals surface area contributed by atoms with Gasteiger partial charge in [-0.15, -0.1) is 11.3 Å². The maximum Gasteiger partial charge on any atom is 0.252 e. The average molecular weight is 368 g/mol. The molecule has 7 nitrogen and oxygen atoms in total. The second-order valence-electron chi connectivity index (χ2n) is 5.80. The monoisotopic (exact) mass is 368 g/mol. The lowest BCUT2D eigenvalue weighted by atomic mass is 10.3. The molecular formula is C15H20N4O3S2. The molecule has 2 aromatic heterocycles. The van der Waals surface area contributed by atoms with Crippen LogP contribution in [0.2, 0.25) is 0 Å². The Kier molecular flexibility index (Phi) is 4.75. The van der Waals surface area contributed by atoms with Crippen molar-refractivity contribution in [1.82, 2.24) is 19.0 Å². The number of carbonyl (C=O) groups is 1. The molecule has 0 aliphatic carbocycles. The van der Waals surface area contributed by atoms with Gasteiger partial charge < -0.3 is 4.90 Å². The summed E-state index contributed by atoms with van der Waals surface area (Å²) in [7, 11) is -3.43. The Balaban J connectivity index is 1.61. The normalized spacial score (nSPS) is 16.5. The van der Waals surface area contributed by atoms with Crippen LogP contribution in [0.4, 0.5) is 0 Å². The predicted octanol–water partition coefficient (Wildman–Crippen LogP) is 1.09. The number of aryl methyl sites for hydroxylation is 2. The Morgan fingerprint density at radius 3 is 2.50 bits per heavy atom. The van der Waals surface area contributed by atoms with Crippen LogP contribution < -0.4 is 0 Å². The standard InChI is InChI=1S/C15H20N4O3S2/c1-12-10-13(2)19(16-12)11-14(20)17-5-7-18(8-6-17)24(21,22)15-4-3-9-23-15/h3-4,9-10H,5-8,11H2,1-2H3. The lowest BCUT2D eigenvalue weighted by Crippen LogP contribution is -2.51. The Morgan fingerprint density at radius 1 is 1.25 bits per heavy atom. The summed E-state index contributed by atoms with van der Waals surface area (Å²) in [6.07, 6.45) is 0. The molecule has 1 fully saturated rings. The fraction of sp³-hybridized carbons (Fsp3) is 0.467. The van der Waals surface area contributed by atoms with Crippen molar-refractivity contribution in [3.8, 4) is 0 Å². The highest BCUT2D eigenvalue weighted by molar-refractivity contribution is 7.91. The van der Waals surface area contributed by atoms with E-state index in [0.29, 0.717) is 30.4 Å². The first-order chi connectivity index (χ1) is 11.4. The third-order valence-corrected chi connectivity index (χ3v) is 7.34. The molecule has 1 saturated heterocycles. The molecule has 0 saturated carbocycles. The zero-order valence-corrected chi connectivity index (χ0v) is 15.3. The first-order valence-electron chi connectivity index (χ1n) is 7.70. The van der Waals surface area contributed by atoms with Crippen molar-refractivity contribution in [1.29, 1.82) is 0 Å². The molecule has 2 aromatic rings. The van der Waals surface area contributed by atoms with Crippen LogP contribution in [0.15, 0.2) is 27.8 Å². The number of sulfonamides is 1. The molecule has 0 unspecified atom stereocenters. The number of amides is 1. The predicted molar refractivity (Wildman–Crippen MR) is 91.4 cm³/mol. The Bertz CT molecular complexity index is 819. The van der Waals surface area contributed by atoms with Gasteiger partial charge in [0.15, 0.2) is 0 Å². The van der Waals surface area contributed by atoms with Gasteiger partial charge in [-0.25, -0.2) is 8.42 Å². The molecule has 130 valence electrons. The smallest absolute Gasteiger partial charge is 0.252 e. The third-order valence-electron chi connectivity index (χ3n) is 4.07. The topological polar surface area (TPSA) is 75.5 Å². The van der Waals surface area contributed by atoms with E-state index in [1.54, 1.807) is 27.1 Å². The number of piperazine rings is 1. The quantitative estimate of drug-likeness (QED) is 0.810. The maximum absolute atomic E-state index is 12.5. The van der Waals surface area contributed by atoms with Gasteiger partial charge in [-0.3, -0.25) is 9.48 Å². The van der Waals surface area contributed by atoms with Crippen LogP contribution in [0.25, 0.3) is 0 Å². The van der Waals surface area contributed by atoms with Gasteiger partial charge in [0.2, 0.25) is 5.91 Å². The van der Waals surface area contributed by atoms with E-state index in [1.165, 1.54) is 15.6 Å². The Labute approximate surface area is 145 Å². The van der Waals surface area contributed by atoms with Gasteiger partial charge in [-0.05, 0) is 31.4 Å². The summed E-state index contributed by atoms with van der Waals surface area (Å²) < 4.78 is 28.5. The van der Waals surface area contributed by atoms with Crippen LogP contribution in [-0.4, -0.2) is 59.5 Å². The van der Waals surface area contributed by atoms with Crippen molar-refractivity contribution in [3.63, 3.8) is 0 Å². The zero-order chi connectivity index (χ0) is 17.3. The van der Waals surface area contributed by atoms with Crippen LogP contribution in [0, 0.1) is 13.8 Å². The molecular weight excluding hydrogens is 348 g/mol. The summed E-state index contributed by atoms with van der Waals surface area (Å²) in [6.45, 7) is 5.45. The molecule has 0 bridgehead atoms. The number of hydrogen-bond donors (Lipinski definition) is 0. The van der Waals surface area contributed by atoms with E-state index in [9.17, 15) is 13.2 Å². The van der Waals surface area contributed by atoms with E-state index in [0.717, 1.165) is 11.4 Å². The first-order valence-corrected chi connectivity index (χ1v) is 10.0. The van der Waals surface area contributed by atoms with Gasteiger partial charge in [0.1, 0.15) is 10.8 Å². The molecule has 24 heavy (non-hydrogen) atoms. The van der Waals surface area contributed by atoms with Crippen molar-refractivity contribution in [3.05, 3.63) is 35.0 Å². The van der Waals surface area contributed by atoms with Gasteiger partial charge in [0.05, 0.1) is 5.69 Å². The lowest BCUT2D eigenvalue weighted by Gasteiger charge is -2.33. The van der Waals surface area contributed by atoms with Crippen LogP contribution in [0.1, 0.15) is 11.4 Å². The van der Waals surface area contributed by atoms with Gasteiger partial charge in [-0.2, -0.15) is 9.40 Å². The molecule has 1 aliphatic heterocycles. The molecule has 3 heterocycles. The van der Waals surface area contributed by atoms with E-state index in [2.05, 4.69) is 5.10 Å². The summed E-state index contributed by atoms with van der Waals surface area (Å²) in [5.41, 5.74) is 1.83. The van der Waals surface area contributed by atoms with E-state index in [-0.39, 0.29) is 12.5 Å². The van der Waals surface area contributed by atoms with Gasteiger partial charge in [0.25, 0.3) is 10.0 Å². The minimum absolute atomic E-state index is 0.0330. The molecule has 0 spiro atoms. The second-order valence-corrected chi connectivity index (χ2v) is 8.91. The minimum Gasteiger partial charge on any atom is -0.338 e. The highest BCUT2D eigenvalue weighted by Gasteiger charge is 2.30. The third kappa shape index (κ3) is 3.38. The van der Waals surface area contributed by atoms with Gasteiger partial charge >= 0.3 is 0 Å². The number of thiophene rings is 1. The average Bonchev–Trinajstić information content (AvgIpc) is 3.18. The summed E-state index contributed by atoms with van der Waals surface area (Å²) in [6, 6.07) is 5.27. The molecule has 1 aliphatic rings. The van der Waals surface area contributed by atoms with Crippen LogP contribution in [-0.2, 0) is 21.4 Å². The van der Waals surface area contributed by atoms with Crippen molar-refractivity contribution >= 4 is 27.3 Å². The molecule has 9 heteroatoms. The highest BCUT2D eigenvalue weighted by atomic mass is 32.2. The van der Waals surface area contributed by atoms with E-state index in [4.69, 9.17) is 0 Å². The SMILES string of the molecule is Cc1cc(C)n(CC(=O)N2CCN(S(=O)(=O)c3cccs3)CC2)n1. The molecule has 3 rings (SSSR count). The largest absolute Gasteiger partial charge is 0.338 e. The second kappa shape index (κ2) is 6.66. The molecule has 0 N–H and O–H groups in total. The highest BCUT2D eigenvalue weighted by Crippen LogP contribution is 2.22. The zero-order valence-electron chi connectivity index (χ0n) is 13.7. The van der Waals surface area contributed by atoms with Crippen molar-refractivity contribution < 1.29 is 13.2 Å². The first kappa shape index (κ1) is 17.1. The molecule has 0 atom stereocenters. The summed E-state index contributed by atoms with van der Waals surface area (Å²) in [5.74, 6) is -0.0330. The van der Waals surface area contributed by atoms with Crippen molar-refractivity contribution in [2.45, 2.75) is 24.6 Å². The maximum atomic E-state index is 12.5. The number of hydrogen-bond acceptors (Lipinski definition) is 5. The molecule has 0 aromatic carbocycles. The molecule has 1 amide bonds. The Morgan fingerprint density at radius 2 is 1.96 bits per heavy atom. The van der Waals surface area contributed by atoms with Crippen LogP contribution in [0.5, 0.6) is 0 Å². The number of nitrogens with zero attached hydrogens (tertiary/aromatic N) is 4. The molecule has 0 radical (unpaired) electrons. The van der Waals surface area contributed by atoms with Crippen molar-refractivity contribution in [2.24, 2.45) is 0 Å². The number of carbonyl (C=O) groups excluding carboxylic acids is 1. The summed E-state index contributed by atoms with van der Waals surface area (Å²) in [5, 5.41) is 6.05. The summed E-state index contributed by atoms with van der Waals surface area (Å²) >= 11 is 1.21. The lowest BCUT2D eigenvalue weighted by molar-refractivity contribution is -0.133. The summed E-state index contributed by atoms with van der Waals surface area (Å²) in [4.78, 5) is 14.1. The van der Waals surface area contributed by atoms with Crippen LogP contribution >= 0.6 is 11.3 Å². The van der Waals surface area contributed by atoms with Crippen LogP contribution in [0.3, 0.4) is 0 Å². The minimum atomic E-state index is -3.43. The fourth-order valence-electron chi connectivity index (χ4n) is 2.78. The van der Waals surface area contributed by atoms with E-state index >= 15 is 0 Å².